The summed E-state index contributed by atoms with van der Waals surface area (Å²) in [5, 5.41) is -3.34. The fourth-order valence-corrected chi connectivity index (χ4v) is 0.812. The van der Waals surface area contributed by atoms with Gasteiger partial charge in [-0.25, -0.2) is 0 Å². The quantitative estimate of drug-likeness (QED) is 0.751. The molecule has 0 aliphatic rings. The molecular weight excluding hydrogens is 256 g/mol. The van der Waals surface area contributed by atoms with Crippen molar-refractivity contribution >= 4 is 34.8 Å². The molecule has 6 heteroatoms. The summed E-state index contributed by atoms with van der Waals surface area (Å²) in [5.74, 6) is -0.00965. The largest absolute Gasteiger partial charge is 0.441 e. The van der Waals surface area contributed by atoms with Gasteiger partial charge in [-0.3, -0.25) is 0 Å². The summed E-state index contributed by atoms with van der Waals surface area (Å²) in [7, 11) is 0. The van der Waals surface area contributed by atoms with Crippen molar-refractivity contribution < 1.29 is 13.5 Å². The van der Waals surface area contributed by atoms with E-state index in [1.165, 1.54) is 24.3 Å². The minimum Gasteiger partial charge on any atom is -0.441 e. The average molecular weight is 260 g/mol. The minimum absolute atomic E-state index is 0.00965. The summed E-state index contributed by atoms with van der Waals surface area (Å²) < 4.78 is 27.0. The van der Waals surface area contributed by atoms with Gasteiger partial charge in [0.25, 0.3) is 0 Å². The van der Waals surface area contributed by atoms with Crippen molar-refractivity contribution in [2.75, 3.05) is 0 Å². The van der Waals surface area contributed by atoms with Gasteiger partial charge in [0.05, 0.1) is 0 Å². The van der Waals surface area contributed by atoms with Crippen molar-refractivity contribution in [3.05, 3.63) is 30.3 Å². The summed E-state index contributed by atoms with van der Waals surface area (Å²) in [5.41, 5.74) is 0. The van der Waals surface area contributed by atoms with Crippen LogP contribution in [0.5, 0.6) is 5.75 Å². The molecule has 0 aliphatic carbocycles. The second kappa shape index (κ2) is 4.09. The molecule has 1 atom stereocenters. The summed E-state index contributed by atoms with van der Waals surface area (Å²) in [6.07, 6.45) is 0. The molecule has 0 saturated carbocycles. The Hall–Kier alpha value is -0.250. The van der Waals surface area contributed by atoms with E-state index in [1.54, 1.807) is 0 Å². The molecule has 0 amide bonds. The molecule has 77 valence electrons. The summed E-state index contributed by atoms with van der Waals surface area (Å²) in [4.78, 5) is 0. The van der Waals surface area contributed by atoms with E-state index in [-0.39, 0.29) is 5.75 Å². The topological polar surface area (TPSA) is 9.23 Å². The highest BCUT2D eigenvalue weighted by atomic mass is 35.5. The number of ether oxygens (including phenoxy) is 1. The molecule has 1 unspecified atom stereocenters. The third-order valence-electron chi connectivity index (χ3n) is 1.26. The Morgan fingerprint density at radius 3 is 2.07 bits per heavy atom. The Balaban J connectivity index is 2.79. The van der Waals surface area contributed by atoms with E-state index >= 15 is 0 Å². The molecule has 0 aromatic heterocycles. The smallest absolute Gasteiger partial charge is 0.390 e. The maximum Gasteiger partial charge on any atom is 0.390 e. The van der Waals surface area contributed by atoms with E-state index in [0.29, 0.717) is 0 Å². The molecule has 0 bridgehead atoms. The second-order valence-corrected chi connectivity index (χ2v) is 4.07. The van der Waals surface area contributed by atoms with Gasteiger partial charge in [-0.15, -0.1) is 0 Å². The Morgan fingerprint density at radius 1 is 1.14 bits per heavy atom. The average Bonchev–Trinajstić information content (AvgIpc) is 2.03. The molecule has 0 N–H and O–H groups in total. The highest BCUT2D eigenvalue weighted by molar-refractivity contribution is 6.51. The fraction of sp³-hybridized carbons (Fsp3) is 0.250. The molecule has 0 aliphatic heterocycles. The zero-order valence-corrected chi connectivity index (χ0v) is 8.88. The van der Waals surface area contributed by atoms with Crippen LogP contribution in [0.4, 0.5) is 8.78 Å². The van der Waals surface area contributed by atoms with E-state index < -0.39 is 9.90 Å². The molecule has 0 saturated heterocycles. The first kappa shape index (κ1) is 11.8. The van der Waals surface area contributed by atoms with Crippen molar-refractivity contribution in [2.24, 2.45) is 0 Å². The van der Waals surface area contributed by atoms with Crippen LogP contribution in [0.2, 0.25) is 0 Å². The van der Waals surface area contributed by atoms with Gasteiger partial charge in [0.15, 0.2) is 0 Å². The summed E-state index contributed by atoms with van der Waals surface area (Å²) >= 11 is 14.7. The highest BCUT2D eigenvalue weighted by Crippen LogP contribution is 2.42. The Labute approximate surface area is 94.5 Å². The van der Waals surface area contributed by atoms with Gasteiger partial charge in [0.2, 0.25) is 0 Å². The highest BCUT2D eigenvalue weighted by Gasteiger charge is 2.53. The maximum absolute atomic E-state index is 13.2. The van der Waals surface area contributed by atoms with E-state index in [0.717, 1.165) is 0 Å². The molecule has 1 radical (unpaired) electrons. The molecule has 14 heavy (non-hydrogen) atoms. The number of alkyl halides is 5. The van der Waals surface area contributed by atoms with Crippen LogP contribution in [0.1, 0.15) is 0 Å². The third-order valence-corrected chi connectivity index (χ3v) is 2.28. The first-order chi connectivity index (χ1) is 6.33. The first-order valence-electron chi connectivity index (χ1n) is 3.42. The van der Waals surface area contributed by atoms with Crippen molar-refractivity contribution in [1.82, 2.24) is 0 Å². The number of rotatable bonds is 3. The normalized spacial score (nSPS) is 16.1. The lowest BCUT2D eigenvalue weighted by Gasteiger charge is -2.24. The van der Waals surface area contributed by atoms with Gasteiger partial charge in [0.1, 0.15) is 5.75 Å². The lowest BCUT2D eigenvalue weighted by molar-refractivity contribution is -0.0340. The lowest BCUT2D eigenvalue weighted by Crippen LogP contribution is -2.39. The number of benzene rings is 1. The molecule has 0 heterocycles. The fourth-order valence-electron chi connectivity index (χ4n) is 0.646. The van der Waals surface area contributed by atoms with Crippen LogP contribution >= 0.6 is 34.8 Å². The SMILES string of the molecule is FC(Cl)(Cl)C(F)(Cl)Oc1cc[c]cc1. The van der Waals surface area contributed by atoms with Crippen LogP contribution < -0.4 is 4.74 Å². The molecule has 1 rings (SSSR count). The van der Waals surface area contributed by atoms with Crippen LogP contribution in [0.25, 0.3) is 0 Å². The van der Waals surface area contributed by atoms with Gasteiger partial charge in [-0.2, -0.15) is 8.78 Å². The summed E-state index contributed by atoms with van der Waals surface area (Å²) in [6.45, 7) is 0. The predicted octanol–water partition coefficient (Wildman–Crippen LogP) is 3.83. The van der Waals surface area contributed by atoms with Gasteiger partial charge in [0, 0.05) is 0 Å². The second-order valence-electron chi connectivity index (χ2n) is 2.35. The molecule has 1 nitrogen and oxygen atoms in total. The molecule has 0 fully saturated rings. The molecule has 1 aromatic carbocycles. The van der Waals surface area contributed by atoms with Crippen molar-refractivity contribution in [1.29, 1.82) is 0 Å². The minimum atomic E-state index is -3.34. The van der Waals surface area contributed by atoms with Crippen LogP contribution in [0, 0.1) is 6.07 Å². The van der Waals surface area contributed by atoms with Crippen LogP contribution in [0.15, 0.2) is 24.3 Å². The molecule has 0 spiro atoms. The van der Waals surface area contributed by atoms with E-state index in [2.05, 4.69) is 10.8 Å². The standard InChI is InChI=1S/C8H4Cl3F2O/c9-7(10,12)8(11,13)14-6-4-2-1-3-5-6/h2-5H. The van der Waals surface area contributed by atoms with Gasteiger partial charge >= 0.3 is 9.90 Å². The van der Waals surface area contributed by atoms with Crippen LogP contribution in [-0.2, 0) is 0 Å². The number of hydrogen-bond donors (Lipinski definition) is 0. The van der Waals surface area contributed by atoms with Crippen molar-refractivity contribution in [3.8, 4) is 5.75 Å². The van der Waals surface area contributed by atoms with Crippen LogP contribution in [0.3, 0.4) is 0 Å². The first-order valence-corrected chi connectivity index (χ1v) is 4.56. The van der Waals surface area contributed by atoms with E-state index in [1.807, 2.05) is 0 Å². The monoisotopic (exact) mass is 259 g/mol. The zero-order valence-electron chi connectivity index (χ0n) is 6.61. The lowest BCUT2D eigenvalue weighted by atomic mass is 10.3. The molecular formula is C8H4Cl3F2O. The molecule has 1 aromatic rings. The number of hydrogen-bond acceptors (Lipinski definition) is 1. The van der Waals surface area contributed by atoms with Crippen molar-refractivity contribution in [3.63, 3.8) is 0 Å². The summed E-state index contributed by atoms with van der Waals surface area (Å²) in [6, 6.07) is 8.18. The zero-order chi connectivity index (χ0) is 10.8. The van der Waals surface area contributed by atoms with Gasteiger partial charge in [-0.1, -0.05) is 35.3 Å². The van der Waals surface area contributed by atoms with E-state index in [9.17, 15) is 8.78 Å². The third kappa shape index (κ3) is 2.87. The Morgan fingerprint density at radius 2 is 1.64 bits per heavy atom. The van der Waals surface area contributed by atoms with Gasteiger partial charge < -0.3 is 4.74 Å². The maximum atomic E-state index is 13.2. The van der Waals surface area contributed by atoms with Crippen molar-refractivity contribution in [2.45, 2.75) is 9.90 Å². The predicted molar refractivity (Wildman–Crippen MR) is 51.1 cm³/mol. The number of halogens is 5. The van der Waals surface area contributed by atoms with Gasteiger partial charge in [-0.05, 0) is 29.8 Å². The van der Waals surface area contributed by atoms with E-state index in [4.69, 9.17) is 34.8 Å². The Kier molecular flexibility index (Phi) is 3.45. The van der Waals surface area contributed by atoms with Crippen LogP contribution in [-0.4, -0.2) is 9.90 Å². The Bertz CT molecular complexity index is 297.